The van der Waals surface area contributed by atoms with Gasteiger partial charge in [0.05, 0.1) is 11.6 Å². The normalized spacial score (nSPS) is 18.8. The summed E-state index contributed by atoms with van der Waals surface area (Å²) in [6, 6.07) is 8.84. The summed E-state index contributed by atoms with van der Waals surface area (Å²) < 4.78 is 50.3. The van der Waals surface area contributed by atoms with Crippen LogP contribution in [0.5, 0.6) is 5.75 Å². The Kier molecular flexibility index (Phi) is 8.33. The first kappa shape index (κ1) is 29.3. The highest BCUT2D eigenvalue weighted by Crippen LogP contribution is 2.47. The summed E-state index contributed by atoms with van der Waals surface area (Å²) in [5.41, 5.74) is 8.99. The van der Waals surface area contributed by atoms with E-state index in [-0.39, 0.29) is 49.1 Å². The van der Waals surface area contributed by atoms with Crippen LogP contribution in [0.1, 0.15) is 56.2 Å². The number of nitrogens with two attached hydrogens (primary N) is 1. The second-order valence-electron chi connectivity index (χ2n) is 10.4. The van der Waals surface area contributed by atoms with Gasteiger partial charge in [-0.25, -0.2) is 4.98 Å². The van der Waals surface area contributed by atoms with Crippen molar-refractivity contribution in [3.63, 3.8) is 0 Å². The number of pyridine rings is 2. The van der Waals surface area contributed by atoms with Crippen molar-refractivity contribution in [2.45, 2.75) is 63.4 Å². The third-order valence-electron chi connectivity index (χ3n) is 7.11. The Balaban J connectivity index is 0.00000176. The summed E-state index contributed by atoms with van der Waals surface area (Å²) in [4.78, 5) is 6.36. The van der Waals surface area contributed by atoms with Crippen LogP contribution < -0.4 is 10.5 Å². The van der Waals surface area contributed by atoms with E-state index in [0.717, 1.165) is 35.1 Å². The second kappa shape index (κ2) is 11.1. The molecule has 6 rings (SSSR count). The highest BCUT2D eigenvalue weighted by molar-refractivity contribution is 5.87. The number of alkyl halides is 3. The van der Waals surface area contributed by atoms with E-state index in [2.05, 4.69) is 10.2 Å². The second-order valence-corrected chi connectivity index (χ2v) is 10.4. The van der Waals surface area contributed by atoms with Crippen molar-refractivity contribution in [3.8, 4) is 17.3 Å². The largest absolute Gasteiger partial charge is 0.491 e. The highest BCUT2D eigenvalue weighted by atomic mass is 35.5. The van der Waals surface area contributed by atoms with Gasteiger partial charge >= 0.3 is 6.18 Å². The van der Waals surface area contributed by atoms with E-state index in [9.17, 15) is 13.2 Å². The first-order valence-corrected chi connectivity index (χ1v) is 12.7. The molecule has 7 nitrogen and oxygen atoms in total. The average molecular weight is 583 g/mol. The number of hydrogen-bond donors (Lipinski definition) is 1. The van der Waals surface area contributed by atoms with E-state index in [4.69, 9.17) is 15.5 Å². The van der Waals surface area contributed by atoms with Gasteiger partial charge in [0.15, 0.2) is 11.5 Å². The van der Waals surface area contributed by atoms with Gasteiger partial charge in [-0.2, -0.15) is 13.2 Å². The lowest BCUT2D eigenvalue weighted by molar-refractivity contribution is -0.183. The molecular weight excluding hydrogens is 552 g/mol. The topological polar surface area (TPSA) is 81.6 Å². The minimum Gasteiger partial charge on any atom is -0.491 e. The summed E-state index contributed by atoms with van der Waals surface area (Å²) in [5, 5.41) is 9.50. The Morgan fingerprint density at radius 3 is 2.38 bits per heavy atom. The standard InChI is InChI=1S/C27H29F3N6O.2ClH/c1-15(2)37-21-9-6-17-5-8-20(32-24(17)23(21)16-3-4-16)26-34-33-22-10-7-18(13-36(22)26)25(27(28,29)30)35-12-11-19(31)14-35;;/h5-10,13,15-16,19,25H,3-4,11-12,14,31H2,1-2H3;2*1H/t19-,25+;;/m0../s1. The molecule has 4 heterocycles. The molecule has 2 fully saturated rings. The van der Waals surface area contributed by atoms with Crippen LogP contribution in [0.4, 0.5) is 13.2 Å². The van der Waals surface area contributed by atoms with Crippen LogP contribution in [0.3, 0.4) is 0 Å². The van der Waals surface area contributed by atoms with Crippen LogP contribution in [0.2, 0.25) is 0 Å². The molecule has 1 saturated carbocycles. The van der Waals surface area contributed by atoms with E-state index in [1.807, 2.05) is 38.1 Å². The summed E-state index contributed by atoms with van der Waals surface area (Å²) >= 11 is 0. The van der Waals surface area contributed by atoms with Gasteiger partial charge in [-0.3, -0.25) is 9.30 Å². The number of halogens is 5. The predicted molar refractivity (Wildman–Crippen MR) is 149 cm³/mol. The molecule has 2 N–H and O–H groups in total. The number of nitrogens with zero attached hydrogens (tertiary/aromatic N) is 5. The minimum absolute atomic E-state index is 0. The van der Waals surface area contributed by atoms with Crippen LogP contribution in [0, 0.1) is 0 Å². The van der Waals surface area contributed by atoms with Gasteiger partial charge in [-0.15, -0.1) is 35.0 Å². The summed E-state index contributed by atoms with van der Waals surface area (Å²) in [6.07, 6.45) is -0.230. The van der Waals surface area contributed by atoms with Gasteiger partial charge in [0.1, 0.15) is 17.5 Å². The van der Waals surface area contributed by atoms with Crippen molar-refractivity contribution in [1.29, 1.82) is 0 Å². The molecule has 0 unspecified atom stereocenters. The predicted octanol–water partition coefficient (Wildman–Crippen LogP) is 6.09. The number of rotatable bonds is 6. The Labute approximate surface area is 236 Å². The lowest BCUT2D eigenvalue weighted by atomic mass is 10.0. The van der Waals surface area contributed by atoms with Crippen molar-refractivity contribution in [3.05, 3.63) is 53.7 Å². The quantitative estimate of drug-likeness (QED) is 0.296. The smallest absolute Gasteiger partial charge is 0.408 e. The lowest BCUT2D eigenvalue weighted by Crippen LogP contribution is -2.38. The van der Waals surface area contributed by atoms with Crippen LogP contribution in [0.25, 0.3) is 28.1 Å². The Bertz CT molecular complexity index is 1470. The van der Waals surface area contributed by atoms with Gasteiger partial charge in [0, 0.05) is 36.3 Å². The molecule has 1 aromatic carbocycles. The zero-order chi connectivity index (χ0) is 25.9. The number of likely N-dealkylation sites (tertiary alicyclic amines) is 1. The van der Waals surface area contributed by atoms with Crippen LogP contribution in [-0.4, -0.2) is 55.9 Å². The Morgan fingerprint density at radius 2 is 1.74 bits per heavy atom. The van der Waals surface area contributed by atoms with E-state index in [0.29, 0.717) is 36.0 Å². The molecule has 0 bridgehead atoms. The fourth-order valence-corrected chi connectivity index (χ4v) is 5.34. The molecule has 39 heavy (non-hydrogen) atoms. The Hall–Kier alpha value is -2.66. The van der Waals surface area contributed by atoms with Crippen molar-refractivity contribution < 1.29 is 17.9 Å². The van der Waals surface area contributed by atoms with Crippen LogP contribution in [-0.2, 0) is 0 Å². The third-order valence-corrected chi connectivity index (χ3v) is 7.11. The molecule has 210 valence electrons. The average Bonchev–Trinajstić information content (AvgIpc) is 3.45. The van der Waals surface area contributed by atoms with Crippen LogP contribution in [0.15, 0.2) is 42.6 Å². The van der Waals surface area contributed by atoms with E-state index in [1.54, 1.807) is 10.5 Å². The summed E-state index contributed by atoms with van der Waals surface area (Å²) in [6.45, 7) is 4.49. The van der Waals surface area contributed by atoms with Gasteiger partial charge in [-0.05, 0) is 68.9 Å². The Morgan fingerprint density at radius 1 is 1.00 bits per heavy atom. The maximum atomic E-state index is 14.2. The maximum absolute atomic E-state index is 14.2. The molecule has 2 aliphatic rings. The third kappa shape index (κ3) is 5.66. The van der Waals surface area contributed by atoms with E-state index in [1.165, 1.54) is 17.2 Å². The summed E-state index contributed by atoms with van der Waals surface area (Å²) in [5.74, 6) is 1.62. The molecule has 1 saturated heterocycles. The minimum atomic E-state index is -4.45. The maximum Gasteiger partial charge on any atom is 0.408 e. The molecular formula is C27H31Cl2F3N6O. The number of aromatic nitrogens is 4. The van der Waals surface area contributed by atoms with Crippen molar-refractivity contribution in [2.75, 3.05) is 13.1 Å². The summed E-state index contributed by atoms with van der Waals surface area (Å²) in [7, 11) is 0. The van der Waals surface area contributed by atoms with E-state index < -0.39 is 12.2 Å². The SMILES string of the molecule is CC(C)Oc1ccc2ccc(-c3nnc4ccc([C@@H](N5CC[C@H](N)C5)C(F)(F)F)cn34)nc2c1C1CC1.Cl.Cl. The van der Waals surface area contributed by atoms with E-state index >= 15 is 0 Å². The zero-order valence-corrected chi connectivity index (χ0v) is 23.2. The number of hydrogen-bond acceptors (Lipinski definition) is 6. The van der Waals surface area contributed by atoms with Crippen molar-refractivity contribution in [2.24, 2.45) is 5.73 Å². The molecule has 0 spiro atoms. The first-order chi connectivity index (χ1) is 17.7. The van der Waals surface area contributed by atoms with Gasteiger partial charge in [-0.1, -0.05) is 12.1 Å². The molecule has 12 heteroatoms. The first-order valence-electron chi connectivity index (χ1n) is 12.7. The van der Waals surface area contributed by atoms with Crippen molar-refractivity contribution in [1.82, 2.24) is 24.5 Å². The molecule has 0 radical (unpaired) electrons. The fraction of sp³-hybridized carbons (Fsp3) is 0.444. The number of benzene rings is 1. The van der Waals surface area contributed by atoms with Crippen molar-refractivity contribution >= 4 is 41.4 Å². The zero-order valence-electron chi connectivity index (χ0n) is 21.6. The van der Waals surface area contributed by atoms with Crippen LogP contribution >= 0.6 is 24.8 Å². The number of ether oxygens (including phenoxy) is 1. The lowest BCUT2D eigenvalue weighted by Gasteiger charge is -2.30. The molecule has 0 amide bonds. The number of fused-ring (bicyclic) bond motifs is 2. The fourth-order valence-electron chi connectivity index (χ4n) is 5.34. The van der Waals surface area contributed by atoms with Gasteiger partial charge in [0.2, 0.25) is 0 Å². The monoisotopic (exact) mass is 582 g/mol. The van der Waals surface area contributed by atoms with Gasteiger partial charge < -0.3 is 10.5 Å². The molecule has 1 aliphatic carbocycles. The van der Waals surface area contributed by atoms with Gasteiger partial charge in [0.25, 0.3) is 0 Å². The molecule has 1 aliphatic heterocycles. The highest BCUT2D eigenvalue weighted by Gasteiger charge is 2.46. The molecule has 4 aromatic rings. The molecule has 2 atom stereocenters. The molecule has 3 aromatic heterocycles.